The van der Waals surface area contributed by atoms with Crippen LogP contribution in [-0.2, 0) is 0 Å². The number of hydrogen-bond acceptors (Lipinski definition) is 5. The lowest BCUT2D eigenvalue weighted by molar-refractivity contribution is -0.0504. The van der Waals surface area contributed by atoms with Crippen LogP contribution >= 0.6 is 0 Å². The van der Waals surface area contributed by atoms with Crippen molar-refractivity contribution in [3.63, 3.8) is 0 Å². The molecular formula is C19H30N4O3. The van der Waals surface area contributed by atoms with Gasteiger partial charge in [-0.05, 0) is 51.2 Å². The molecule has 2 aliphatic heterocycles. The van der Waals surface area contributed by atoms with Gasteiger partial charge in [0, 0.05) is 43.4 Å². The van der Waals surface area contributed by atoms with E-state index in [4.69, 9.17) is 4.74 Å². The van der Waals surface area contributed by atoms with E-state index in [2.05, 4.69) is 29.2 Å². The number of benzene rings is 1. The molecule has 2 heterocycles. The molecular weight excluding hydrogens is 332 g/mol. The van der Waals surface area contributed by atoms with E-state index in [0.717, 1.165) is 37.4 Å². The van der Waals surface area contributed by atoms with E-state index < -0.39 is 0 Å². The number of urea groups is 1. The molecule has 0 spiro atoms. The Hall–Kier alpha value is -1.83. The molecule has 2 N–H and O–H groups in total. The Morgan fingerprint density at radius 2 is 2.04 bits per heavy atom. The largest absolute Gasteiger partial charge is 0.497 e. The normalized spacial score (nSPS) is 26.5. The van der Waals surface area contributed by atoms with Crippen molar-refractivity contribution in [2.24, 2.45) is 0 Å². The molecule has 2 amide bonds. The van der Waals surface area contributed by atoms with Crippen LogP contribution in [0.3, 0.4) is 0 Å². The summed E-state index contributed by atoms with van der Waals surface area (Å²) in [5.74, 6) is 0.767. The van der Waals surface area contributed by atoms with E-state index in [1.54, 1.807) is 7.11 Å². The number of nitrogens with one attached hydrogen (secondary N) is 1. The van der Waals surface area contributed by atoms with Gasteiger partial charge >= 0.3 is 6.03 Å². The first-order chi connectivity index (χ1) is 12.5. The van der Waals surface area contributed by atoms with Crippen LogP contribution in [0.4, 0.5) is 10.5 Å². The van der Waals surface area contributed by atoms with E-state index in [0.29, 0.717) is 18.6 Å². The third-order valence-electron chi connectivity index (χ3n) is 5.64. The predicted molar refractivity (Wildman–Crippen MR) is 102 cm³/mol. The van der Waals surface area contributed by atoms with E-state index in [1.807, 2.05) is 29.2 Å². The summed E-state index contributed by atoms with van der Waals surface area (Å²) >= 11 is 0. The predicted octanol–water partition coefficient (Wildman–Crippen LogP) is 1.30. The van der Waals surface area contributed by atoms with Crippen LogP contribution in [0.15, 0.2) is 24.3 Å². The number of hydrogen-bond donors (Lipinski definition) is 2. The maximum atomic E-state index is 12.8. The van der Waals surface area contributed by atoms with Gasteiger partial charge in [0.05, 0.1) is 13.7 Å². The average molecular weight is 362 g/mol. The molecule has 0 saturated carbocycles. The first-order valence-corrected chi connectivity index (χ1v) is 9.24. The Kier molecular flexibility index (Phi) is 6.01. The third kappa shape index (κ3) is 4.11. The van der Waals surface area contributed by atoms with Crippen molar-refractivity contribution in [3.8, 4) is 5.75 Å². The van der Waals surface area contributed by atoms with Crippen molar-refractivity contribution >= 4 is 11.7 Å². The molecule has 1 unspecified atom stereocenters. The second-order valence-corrected chi connectivity index (χ2v) is 7.43. The quantitative estimate of drug-likeness (QED) is 0.845. The van der Waals surface area contributed by atoms with Gasteiger partial charge in [-0.15, -0.1) is 0 Å². The molecule has 1 aromatic rings. The Labute approximate surface area is 155 Å². The van der Waals surface area contributed by atoms with Gasteiger partial charge in [0.25, 0.3) is 0 Å². The van der Waals surface area contributed by atoms with Crippen LogP contribution in [0.2, 0.25) is 0 Å². The fourth-order valence-corrected chi connectivity index (χ4v) is 3.87. The standard InChI is InChI=1S/C19H30N4O3/c1-21(2)15-8-9-22(11-16-10-17(13-24)23(16)12-15)19(25)20-14-4-6-18(26-3)7-5-14/h4-7,15-17,24H,8-13H2,1-3H3,(H,20,25)/t15?,16-,17+/m1/s1. The summed E-state index contributed by atoms with van der Waals surface area (Å²) in [6.45, 7) is 2.59. The average Bonchev–Trinajstić information content (AvgIpc) is 2.61. The molecule has 2 saturated heterocycles. The van der Waals surface area contributed by atoms with Gasteiger partial charge in [-0.25, -0.2) is 4.79 Å². The van der Waals surface area contributed by atoms with E-state index in [9.17, 15) is 9.90 Å². The third-order valence-corrected chi connectivity index (χ3v) is 5.64. The molecule has 7 heteroatoms. The van der Waals surface area contributed by atoms with Crippen molar-refractivity contribution in [1.29, 1.82) is 0 Å². The van der Waals surface area contributed by atoms with Crippen LogP contribution in [0.5, 0.6) is 5.75 Å². The number of rotatable bonds is 4. The maximum Gasteiger partial charge on any atom is 0.321 e. The number of anilines is 1. The van der Waals surface area contributed by atoms with E-state index in [1.165, 1.54) is 0 Å². The second kappa shape index (κ2) is 8.24. The first kappa shape index (κ1) is 18.9. The van der Waals surface area contributed by atoms with Crippen LogP contribution < -0.4 is 10.1 Å². The first-order valence-electron chi connectivity index (χ1n) is 9.24. The highest BCUT2D eigenvalue weighted by molar-refractivity contribution is 5.89. The molecule has 2 aliphatic rings. The number of amides is 2. The fraction of sp³-hybridized carbons (Fsp3) is 0.632. The number of carbonyl (C=O) groups is 1. The summed E-state index contributed by atoms with van der Waals surface area (Å²) in [5.41, 5.74) is 0.765. The van der Waals surface area contributed by atoms with Gasteiger partial charge in [-0.2, -0.15) is 0 Å². The molecule has 2 fully saturated rings. The van der Waals surface area contributed by atoms with Crippen molar-refractivity contribution in [3.05, 3.63) is 24.3 Å². The minimum absolute atomic E-state index is 0.0676. The molecule has 0 radical (unpaired) electrons. The molecule has 1 aromatic carbocycles. The van der Waals surface area contributed by atoms with Crippen LogP contribution in [0.1, 0.15) is 12.8 Å². The zero-order chi connectivity index (χ0) is 18.7. The van der Waals surface area contributed by atoms with Gasteiger partial charge in [0.15, 0.2) is 0 Å². The Morgan fingerprint density at radius 1 is 1.31 bits per heavy atom. The van der Waals surface area contributed by atoms with Crippen molar-refractivity contribution < 1.29 is 14.6 Å². The number of aliphatic hydroxyl groups excluding tert-OH is 1. The highest BCUT2D eigenvalue weighted by atomic mass is 16.5. The minimum atomic E-state index is -0.0676. The summed E-state index contributed by atoms with van der Waals surface area (Å²) in [6.07, 6.45) is 1.87. The lowest BCUT2D eigenvalue weighted by atomic mass is 9.90. The zero-order valence-corrected chi connectivity index (χ0v) is 15.9. The molecule has 0 bridgehead atoms. The smallest absolute Gasteiger partial charge is 0.321 e. The molecule has 26 heavy (non-hydrogen) atoms. The summed E-state index contributed by atoms with van der Waals surface area (Å²) in [5, 5.41) is 12.6. The molecule has 3 rings (SSSR count). The van der Waals surface area contributed by atoms with Crippen molar-refractivity contribution in [1.82, 2.24) is 14.7 Å². The fourth-order valence-electron chi connectivity index (χ4n) is 3.87. The maximum absolute atomic E-state index is 12.8. The van der Waals surface area contributed by atoms with Gasteiger partial charge in [-0.3, -0.25) is 4.90 Å². The second-order valence-electron chi connectivity index (χ2n) is 7.43. The lowest BCUT2D eigenvalue weighted by Gasteiger charge is -2.53. The van der Waals surface area contributed by atoms with Crippen molar-refractivity contribution in [2.75, 3.05) is 52.8 Å². The summed E-state index contributed by atoms with van der Waals surface area (Å²) < 4.78 is 5.16. The highest BCUT2D eigenvalue weighted by Gasteiger charge is 2.42. The Morgan fingerprint density at radius 3 is 2.65 bits per heavy atom. The van der Waals surface area contributed by atoms with Gasteiger partial charge in [0.2, 0.25) is 0 Å². The summed E-state index contributed by atoms with van der Waals surface area (Å²) in [6, 6.07) is 8.24. The number of nitrogens with zero attached hydrogens (tertiary/aromatic N) is 3. The van der Waals surface area contributed by atoms with Gasteiger partial charge in [-0.1, -0.05) is 0 Å². The Bertz CT molecular complexity index is 607. The zero-order valence-electron chi connectivity index (χ0n) is 15.9. The number of ether oxygens (including phenoxy) is 1. The summed E-state index contributed by atoms with van der Waals surface area (Å²) in [4.78, 5) is 19.3. The molecule has 0 aromatic heterocycles. The van der Waals surface area contributed by atoms with Gasteiger partial charge in [0.1, 0.15) is 5.75 Å². The van der Waals surface area contributed by atoms with Crippen LogP contribution in [0.25, 0.3) is 0 Å². The molecule has 7 nitrogen and oxygen atoms in total. The number of fused-ring (bicyclic) bond motifs is 1. The molecule has 3 atom stereocenters. The Balaban J connectivity index is 1.66. The van der Waals surface area contributed by atoms with Crippen LogP contribution in [-0.4, -0.2) is 91.4 Å². The van der Waals surface area contributed by atoms with Crippen molar-refractivity contribution in [2.45, 2.75) is 31.0 Å². The minimum Gasteiger partial charge on any atom is -0.497 e. The lowest BCUT2D eigenvalue weighted by Crippen LogP contribution is -2.66. The number of methoxy groups -OCH3 is 1. The monoisotopic (exact) mass is 362 g/mol. The molecule has 144 valence electrons. The van der Waals surface area contributed by atoms with Gasteiger partial charge < -0.3 is 25.0 Å². The number of carbonyl (C=O) groups excluding carboxylic acids is 1. The number of aliphatic hydroxyl groups is 1. The van der Waals surface area contributed by atoms with Crippen LogP contribution in [0, 0.1) is 0 Å². The number of likely N-dealkylation sites (N-methyl/N-ethyl adjacent to an activating group) is 1. The molecule has 0 aliphatic carbocycles. The topological polar surface area (TPSA) is 68.3 Å². The highest BCUT2D eigenvalue weighted by Crippen LogP contribution is 2.29. The van der Waals surface area contributed by atoms with E-state index >= 15 is 0 Å². The van der Waals surface area contributed by atoms with E-state index in [-0.39, 0.29) is 18.7 Å². The SMILES string of the molecule is COc1ccc(NC(=O)N2CCC(N(C)C)CN3[C@H](CO)C[C@@H]3C2)cc1. The summed E-state index contributed by atoms with van der Waals surface area (Å²) in [7, 11) is 5.78.